The summed E-state index contributed by atoms with van der Waals surface area (Å²) in [5.41, 5.74) is -1.73. The van der Waals surface area contributed by atoms with Crippen molar-refractivity contribution in [1.82, 2.24) is 19.6 Å². The number of fused-ring (bicyclic) bond motifs is 1. The lowest BCUT2D eigenvalue weighted by atomic mass is 10.00. The van der Waals surface area contributed by atoms with Crippen LogP contribution in [-0.2, 0) is 39.5 Å². The van der Waals surface area contributed by atoms with Gasteiger partial charge in [0.2, 0.25) is 0 Å². The maximum atomic E-state index is 13.8. The zero-order valence-electron chi connectivity index (χ0n) is 26.6. The van der Waals surface area contributed by atoms with Crippen LogP contribution in [0.2, 0.25) is 0 Å². The minimum absolute atomic E-state index is 0.0168. The van der Waals surface area contributed by atoms with E-state index in [4.69, 9.17) is 9.47 Å². The molecule has 0 bridgehead atoms. The number of carbonyl (C=O) groups excluding carboxylic acids is 3. The van der Waals surface area contributed by atoms with E-state index in [9.17, 15) is 40.7 Å². The Bertz CT molecular complexity index is 1510. The van der Waals surface area contributed by atoms with Crippen LogP contribution >= 0.6 is 0 Å². The van der Waals surface area contributed by atoms with Crippen molar-refractivity contribution >= 4 is 23.7 Å². The van der Waals surface area contributed by atoms with Crippen LogP contribution < -0.4 is 5.32 Å². The number of hydrogen-bond acceptors (Lipinski definition) is 6. The first-order valence-corrected chi connectivity index (χ1v) is 16.3. The number of nitrogens with zero attached hydrogens (tertiary/aromatic N) is 4. The molecule has 4 aliphatic rings. The van der Waals surface area contributed by atoms with Gasteiger partial charge in [-0.1, -0.05) is 18.2 Å². The molecule has 3 saturated heterocycles. The van der Waals surface area contributed by atoms with E-state index in [1.165, 1.54) is 9.80 Å². The highest BCUT2D eigenvalue weighted by Crippen LogP contribution is 2.37. The molecule has 0 aliphatic carbocycles. The summed E-state index contributed by atoms with van der Waals surface area (Å²) < 4.78 is 92.8. The topological polar surface area (TPSA) is 94.7 Å². The summed E-state index contributed by atoms with van der Waals surface area (Å²) in [5, 5.41) is 2.93. The molecule has 0 spiro atoms. The minimum atomic E-state index is -5.08. The van der Waals surface area contributed by atoms with Gasteiger partial charge >= 0.3 is 24.5 Å². The maximum absolute atomic E-state index is 13.8. The van der Waals surface area contributed by atoms with Crippen molar-refractivity contribution < 1.29 is 50.2 Å². The van der Waals surface area contributed by atoms with Crippen molar-refractivity contribution in [3.05, 3.63) is 64.7 Å². The number of nitrogens with one attached hydrogen (secondary N) is 1. The molecule has 4 aliphatic heterocycles. The van der Waals surface area contributed by atoms with Gasteiger partial charge in [0.25, 0.3) is 5.91 Å². The molecule has 10 nitrogen and oxygen atoms in total. The molecule has 1 N–H and O–H groups in total. The van der Waals surface area contributed by atoms with Crippen LogP contribution in [0.1, 0.15) is 41.5 Å². The molecule has 4 heterocycles. The van der Waals surface area contributed by atoms with E-state index in [2.05, 4.69) is 5.32 Å². The summed E-state index contributed by atoms with van der Waals surface area (Å²) in [6, 6.07) is 8.15. The summed E-state index contributed by atoms with van der Waals surface area (Å²) in [6.45, 7) is 2.93. The Morgan fingerprint density at radius 2 is 1.53 bits per heavy atom. The average Bonchev–Trinajstić information content (AvgIpc) is 3.74. The first-order valence-electron chi connectivity index (χ1n) is 16.3. The predicted molar refractivity (Wildman–Crippen MR) is 163 cm³/mol. The number of amides is 4. The van der Waals surface area contributed by atoms with Crippen molar-refractivity contribution in [3.8, 4) is 0 Å². The van der Waals surface area contributed by atoms with Gasteiger partial charge in [-0.25, -0.2) is 9.59 Å². The predicted octanol–water partition coefficient (Wildman–Crippen LogP) is 5.22. The van der Waals surface area contributed by atoms with Gasteiger partial charge in [0, 0.05) is 63.5 Å². The number of likely N-dealkylation sites (tertiary alicyclic amines) is 2. The highest BCUT2D eigenvalue weighted by atomic mass is 19.4. The summed E-state index contributed by atoms with van der Waals surface area (Å²) in [7, 11) is 0. The molecule has 6 rings (SSSR count). The molecule has 0 saturated carbocycles. The van der Waals surface area contributed by atoms with Gasteiger partial charge in [0.1, 0.15) is 0 Å². The molecule has 2 aromatic rings. The quantitative estimate of drug-likeness (QED) is 0.417. The van der Waals surface area contributed by atoms with Crippen LogP contribution in [0.3, 0.4) is 0 Å². The van der Waals surface area contributed by atoms with Crippen molar-refractivity contribution in [3.63, 3.8) is 0 Å². The summed E-state index contributed by atoms with van der Waals surface area (Å²) in [6.07, 6.45) is -11.4. The summed E-state index contributed by atoms with van der Waals surface area (Å²) >= 11 is 0. The number of urea groups is 1. The van der Waals surface area contributed by atoms with Gasteiger partial charge in [-0.15, -0.1) is 0 Å². The van der Waals surface area contributed by atoms with Crippen LogP contribution in [0.4, 0.5) is 41.6 Å². The van der Waals surface area contributed by atoms with Crippen molar-refractivity contribution in [2.24, 2.45) is 0 Å². The zero-order valence-corrected chi connectivity index (χ0v) is 26.6. The lowest BCUT2D eigenvalue weighted by molar-refractivity contribution is -0.143. The SMILES string of the molecule is O=C(O[C@H](Cc1cc(C(F)(F)F)cc(C(F)(F)F)c1)C(=O)N1CCC(N2CCOC2)C1)N1CCC(N2CCc3ccccc3NC2=O)CC1. The second kappa shape index (κ2) is 14.1. The molecule has 16 heteroatoms. The van der Waals surface area contributed by atoms with E-state index in [0.717, 1.165) is 11.3 Å². The normalized spacial score (nSPS) is 21.7. The van der Waals surface area contributed by atoms with Crippen LogP contribution in [0.15, 0.2) is 42.5 Å². The number of halogens is 6. The number of hydrogen-bond donors (Lipinski definition) is 1. The van der Waals surface area contributed by atoms with Crippen molar-refractivity contribution in [2.45, 2.75) is 62.6 Å². The third kappa shape index (κ3) is 8.06. The average molecular weight is 698 g/mol. The Balaban J connectivity index is 1.16. The number of carbonyl (C=O) groups is 3. The highest BCUT2D eigenvalue weighted by molar-refractivity contribution is 5.91. The Morgan fingerprint density at radius 1 is 0.878 bits per heavy atom. The second-order valence-corrected chi connectivity index (χ2v) is 12.8. The number of piperidine rings is 1. The molecule has 1 unspecified atom stereocenters. The number of anilines is 1. The van der Waals surface area contributed by atoms with Crippen molar-refractivity contribution in [1.29, 1.82) is 0 Å². The van der Waals surface area contributed by atoms with Gasteiger partial charge in [-0.3, -0.25) is 9.69 Å². The molecule has 0 aromatic heterocycles. The molecule has 49 heavy (non-hydrogen) atoms. The van der Waals surface area contributed by atoms with E-state index in [1.54, 1.807) is 4.90 Å². The fourth-order valence-corrected chi connectivity index (χ4v) is 6.98. The Kier molecular flexibility index (Phi) is 9.98. The van der Waals surface area contributed by atoms with E-state index < -0.39 is 53.6 Å². The fourth-order valence-electron chi connectivity index (χ4n) is 6.98. The molecular weight excluding hydrogens is 660 g/mol. The molecule has 266 valence electrons. The minimum Gasteiger partial charge on any atom is -0.436 e. The molecule has 3 fully saturated rings. The van der Waals surface area contributed by atoms with Gasteiger partial charge in [-0.2, -0.15) is 26.3 Å². The molecule has 0 radical (unpaired) electrons. The van der Waals surface area contributed by atoms with Gasteiger partial charge < -0.3 is 29.5 Å². The second-order valence-electron chi connectivity index (χ2n) is 12.8. The van der Waals surface area contributed by atoms with E-state index in [1.807, 2.05) is 29.2 Å². The number of ether oxygens (including phenoxy) is 2. The third-order valence-electron chi connectivity index (χ3n) is 9.66. The monoisotopic (exact) mass is 697 g/mol. The van der Waals surface area contributed by atoms with E-state index in [-0.39, 0.29) is 50.4 Å². The molecule has 2 aromatic carbocycles. The standard InChI is InChI=1S/C33H37F6N5O5/c34-32(35,36)23-15-21(16-24(18-23)33(37,38)39)17-28(29(45)42-11-8-26(19-42)43-13-14-48-20-43)49-31(47)41-9-6-25(7-10-41)44-12-5-22-3-1-2-4-27(22)40-30(44)46/h1-4,15-16,18,25-26,28H,5-14,17,19-20H2,(H,40,46)/t26?,28-/m1/s1. The Morgan fingerprint density at radius 3 is 2.18 bits per heavy atom. The summed E-state index contributed by atoms with van der Waals surface area (Å²) in [4.78, 5) is 46.8. The Hall–Kier alpha value is -4.05. The fraction of sp³-hybridized carbons (Fsp3) is 0.545. The maximum Gasteiger partial charge on any atom is 0.416 e. The number of alkyl halides is 6. The smallest absolute Gasteiger partial charge is 0.416 e. The number of benzene rings is 2. The van der Waals surface area contributed by atoms with Crippen LogP contribution in [-0.4, -0.2) is 108 Å². The van der Waals surface area contributed by atoms with Crippen LogP contribution in [0.5, 0.6) is 0 Å². The number of rotatable bonds is 6. The zero-order chi connectivity index (χ0) is 34.9. The summed E-state index contributed by atoms with van der Waals surface area (Å²) in [5.74, 6) is -0.697. The van der Waals surface area contributed by atoms with Crippen molar-refractivity contribution in [2.75, 3.05) is 57.9 Å². The Labute approximate surface area is 278 Å². The van der Waals surface area contributed by atoms with E-state index >= 15 is 0 Å². The lowest BCUT2D eigenvalue weighted by Crippen LogP contribution is -2.51. The van der Waals surface area contributed by atoms with E-state index in [0.29, 0.717) is 64.2 Å². The molecule has 4 amide bonds. The lowest BCUT2D eigenvalue weighted by Gasteiger charge is -2.38. The number of para-hydroxylation sites is 1. The van der Waals surface area contributed by atoms with Crippen LogP contribution in [0.25, 0.3) is 0 Å². The van der Waals surface area contributed by atoms with Gasteiger partial charge in [-0.05, 0) is 61.1 Å². The van der Waals surface area contributed by atoms with Gasteiger partial charge in [0.15, 0.2) is 6.10 Å². The van der Waals surface area contributed by atoms with Crippen LogP contribution in [0, 0.1) is 0 Å². The first-order chi connectivity index (χ1) is 23.3. The molecular formula is C33H37F6N5O5. The highest BCUT2D eigenvalue weighted by Gasteiger charge is 2.40. The third-order valence-corrected chi connectivity index (χ3v) is 9.66. The molecule has 2 atom stereocenters. The van der Waals surface area contributed by atoms with Gasteiger partial charge in [0.05, 0.1) is 24.5 Å². The largest absolute Gasteiger partial charge is 0.436 e. The first kappa shape index (κ1) is 34.8.